The zero-order valence-electron chi connectivity index (χ0n) is 23.8. The van der Waals surface area contributed by atoms with E-state index >= 15 is 0 Å². The first-order chi connectivity index (χ1) is 21.3. The molecule has 1 aliphatic heterocycles. The second kappa shape index (κ2) is 15.0. The Morgan fingerprint density at radius 3 is 2.43 bits per heavy atom. The van der Waals surface area contributed by atoms with E-state index in [-0.39, 0.29) is 43.7 Å². The van der Waals surface area contributed by atoms with Gasteiger partial charge in [-0.3, -0.25) is 29.1 Å². The van der Waals surface area contributed by atoms with Crippen LogP contribution in [0.5, 0.6) is 5.75 Å². The van der Waals surface area contributed by atoms with Gasteiger partial charge in [-0.05, 0) is 31.4 Å². The van der Waals surface area contributed by atoms with Crippen LogP contribution in [0.15, 0.2) is 61.4 Å². The highest BCUT2D eigenvalue weighted by Gasteiger charge is 2.44. The molecule has 6 amide bonds. The number of rotatable bonds is 12. The summed E-state index contributed by atoms with van der Waals surface area (Å²) in [5, 5.41) is 10.7. The first-order valence-electron chi connectivity index (χ1n) is 13.7. The molecule has 230 valence electrons. The number of primary amides is 1. The zero-order chi connectivity index (χ0) is 31.5. The molecule has 1 aromatic carbocycles. The minimum Gasteiger partial charge on any atom is -0.497 e. The number of nitrogens with two attached hydrogens (primary N) is 1. The van der Waals surface area contributed by atoms with Crippen LogP contribution in [-0.2, 0) is 9.59 Å². The second-order valence-corrected chi connectivity index (χ2v) is 9.71. The molecule has 1 fully saturated rings. The van der Waals surface area contributed by atoms with Crippen LogP contribution in [-0.4, -0.2) is 92.8 Å². The van der Waals surface area contributed by atoms with Crippen LogP contribution in [0.4, 0.5) is 10.5 Å². The van der Waals surface area contributed by atoms with Crippen molar-refractivity contribution in [1.29, 1.82) is 0 Å². The Morgan fingerprint density at radius 2 is 1.77 bits per heavy atom. The van der Waals surface area contributed by atoms with Crippen LogP contribution < -0.4 is 31.7 Å². The Bertz CT molecular complexity index is 1480. The number of anilines is 1. The minimum atomic E-state index is -1.20. The van der Waals surface area contributed by atoms with E-state index in [0.717, 1.165) is 0 Å². The zero-order valence-corrected chi connectivity index (χ0v) is 23.8. The van der Waals surface area contributed by atoms with Crippen LogP contribution in [0.25, 0.3) is 0 Å². The summed E-state index contributed by atoms with van der Waals surface area (Å²) in [6.07, 6.45) is 8.81. The normalized spacial score (nSPS) is 16.3. The molecule has 0 saturated carbocycles. The van der Waals surface area contributed by atoms with E-state index in [1.807, 2.05) is 0 Å². The molecule has 2 aromatic heterocycles. The lowest BCUT2D eigenvalue weighted by Crippen LogP contribution is -2.58. The quantitative estimate of drug-likeness (QED) is 0.172. The average Bonchev–Trinajstić information content (AvgIpc) is 3.45. The summed E-state index contributed by atoms with van der Waals surface area (Å²) in [7, 11) is 1.50. The highest BCUT2D eigenvalue weighted by Crippen LogP contribution is 2.22. The molecular formula is C28H32N10O6. The van der Waals surface area contributed by atoms with Crippen LogP contribution in [0, 0.1) is 0 Å². The lowest BCUT2D eigenvalue weighted by Gasteiger charge is -2.29. The van der Waals surface area contributed by atoms with Gasteiger partial charge >= 0.3 is 6.03 Å². The molecule has 0 spiro atoms. The Kier molecular flexibility index (Phi) is 10.7. The van der Waals surface area contributed by atoms with Gasteiger partial charge in [0.15, 0.2) is 0 Å². The molecule has 3 heterocycles. The number of hydrogen-bond donors (Lipinski definition) is 5. The molecule has 0 aliphatic carbocycles. The van der Waals surface area contributed by atoms with E-state index in [4.69, 9.17) is 10.5 Å². The van der Waals surface area contributed by atoms with Crippen LogP contribution in [0.3, 0.4) is 0 Å². The fourth-order valence-corrected chi connectivity index (χ4v) is 4.65. The standard InChI is InChI=1S/C28H32N10O6/c1-44-18-5-2-4-17(14-18)35-28(43)37-19-7-13-38(27(42)22-16-31-10-12-33-22)23(19)26(41)36-20(24(29)39)6-3-8-34-25(40)21-15-30-9-11-32-21/h2,4-5,9-12,14-16,19-20,23H,3,6-8,13H2,1H3,(H2,29,39)(H,34,40)(H,36,41)(H2,35,37,43)/t19-,20-,23-/m0/s1. The van der Waals surface area contributed by atoms with Crippen molar-refractivity contribution in [2.75, 3.05) is 25.5 Å². The lowest BCUT2D eigenvalue weighted by atomic mass is 10.1. The molecule has 44 heavy (non-hydrogen) atoms. The number of carbonyl (C=O) groups excluding carboxylic acids is 5. The van der Waals surface area contributed by atoms with Gasteiger partial charge in [0.1, 0.15) is 29.2 Å². The summed E-state index contributed by atoms with van der Waals surface area (Å²) in [5.41, 5.74) is 6.18. The predicted octanol–water partition coefficient (Wildman–Crippen LogP) is -0.140. The number of benzene rings is 1. The number of aromatic nitrogens is 4. The molecule has 3 aromatic rings. The van der Waals surface area contributed by atoms with Gasteiger partial charge in [0.25, 0.3) is 11.8 Å². The van der Waals surface area contributed by atoms with Gasteiger partial charge in [-0.25, -0.2) is 14.8 Å². The number of nitrogens with zero attached hydrogens (tertiary/aromatic N) is 5. The predicted molar refractivity (Wildman–Crippen MR) is 155 cm³/mol. The maximum atomic E-state index is 13.6. The summed E-state index contributed by atoms with van der Waals surface area (Å²) in [6, 6.07) is 2.97. The smallest absolute Gasteiger partial charge is 0.319 e. The first-order valence-corrected chi connectivity index (χ1v) is 13.7. The van der Waals surface area contributed by atoms with Crippen molar-refractivity contribution < 1.29 is 28.7 Å². The van der Waals surface area contributed by atoms with Gasteiger partial charge in [-0.1, -0.05) is 6.07 Å². The van der Waals surface area contributed by atoms with Crippen molar-refractivity contribution in [3.05, 3.63) is 72.8 Å². The highest BCUT2D eigenvalue weighted by atomic mass is 16.5. The van der Waals surface area contributed by atoms with Crippen molar-refractivity contribution in [2.24, 2.45) is 5.73 Å². The summed E-state index contributed by atoms with van der Waals surface area (Å²) in [6.45, 7) is 0.289. The van der Waals surface area contributed by atoms with Crippen molar-refractivity contribution in [2.45, 2.75) is 37.4 Å². The maximum Gasteiger partial charge on any atom is 0.319 e. The first kappa shape index (κ1) is 31.3. The maximum absolute atomic E-state index is 13.6. The summed E-state index contributed by atoms with van der Waals surface area (Å²) >= 11 is 0. The van der Waals surface area contributed by atoms with E-state index in [9.17, 15) is 24.0 Å². The number of hydrogen-bond acceptors (Lipinski definition) is 10. The van der Waals surface area contributed by atoms with E-state index in [1.165, 1.54) is 49.2 Å². The van der Waals surface area contributed by atoms with Crippen LogP contribution in [0.2, 0.25) is 0 Å². The number of amides is 6. The molecule has 0 radical (unpaired) electrons. The Hall–Kier alpha value is -5.67. The molecular weight excluding hydrogens is 572 g/mol. The monoisotopic (exact) mass is 604 g/mol. The fraction of sp³-hybridized carbons (Fsp3) is 0.321. The topological polar surface area (TPSA) is 224 Å². The van der Waals surface area contributed by atoms with Crippen molar-refractivity contribution in [3.8, 4) is 5.75 Å². The van der Waals surface area contributed by atoms with E-state index in [0.29, 0.717) is 11.4 Å². The lowest BCUT2D eigenvalue weighted by molar-refractivity contribution is -0.130. The molecule has 3 atom stereocenters. The molecule has 1 aliphatic rings. The molecule has 0 bridgehead atoms. The average molecular weight is 605 g/mol. The molecule has 16 nitrogen and oxygen atoms in total. The third kappa shape index (κ3) is 8.21. The van der Waals surface area contributed by atoms with E-state index < -0.39 is 47.8 Å². The van der Waals surface area contributed by atoms with E-state index in [2.05, 4.69) is 41.2 Å². The Labute approximate surface area is 252 Å². The van der Waals surface area contributed by atoms with Crippen molar-refractivity contribution in [3.63, 3.8) is 0 Å². The Balaban J connectivity index is 1.43. The molecule has 6 N–H and O–H groups in total. The Morgan fingerprint density at radius 1 is 1.05 bits per heavy atom. The van der Waals surface area contributed by atoms with Crippen molar-refractivity contribution >= 4 is 35.3 Å². The van der Waals surface area contributed by atoms with Gasteiger partial charge in [0.05, 0.1) is 25.5 Å². The number of likely N-dealkylation sites (tertiary alicyclic amines) is 1. The second-order valence-electron chi connectivity index (χ2n) is 9.71. The molecule has 1 saturated heterocycles. The molecule has 4 rings (SSSR count). The van der Waals surface area contributed by atoms with Gasteiger partial charge < -0.3 is 36.6 Å². The van der Waals surface area contributed by atoms with Gasteiger partial charge in [-0.2, -0.15) is 0 Å². The van der Waals surface area contributed by atoms with Gasteiger partial charge in [0.2, 0.25) is 11.8 Å². The number of urea groups is 1. The van der Waals surface area contributed by atoms with Gasteiger partial charge in [-0.15, -0.1) is 0 Å². The SMILES string of the molecule is COc1cccc(NC(=O)N[C@H]2CCN(C(=O)c3cnccn3)[C@@H]2C(=O)N[C@@H](CCCNC(=O)c2cnccn2)C(N)=O)c1. The van der Waals surface area contributed by atoms with E-state index in [1.54, 1.807) is 24.3 Å². The van der Waals surface area contributed by atoms with Gasteiger partial charge in [0, 0.05) is 49.6 Å². The molecule has 0 unspecified atom stereocenters. The third-order valence-electron chi connectivity index (χ3n) is 6.76. The number of nitrogens with one attached hydrogen (secondary N) is 4. The molecule has 16 heteroatoms. The fourth-order valence-electron chi connectivity index (χ4n) is 4.65. The van der Waals surface area contributed by atoms with Crippen LogP contribution in [0.1, 0.15) is 40.2 Å². The summed E-state index contributed by atoms with van der Waals surface area (Å²) in [4.78, 5) is 81.3. The highest BCUT2D eigenvalue weighted by molar-refractivity contribution is 5.98. The van der Waals surface area contributed by atoms with Crippen LogP contribution >= 0.6 is 0 Å². The summed E-state index contributed by atoms with van der Waals surface area (Å²) < 4.78 is 5.18. The number of carbonyl (C=O) groups is 5. The van der Waals surface area contributed by atoms with Crippen molar-refractivity contribution in [1.82, 2.24) is 40.8 Å². The third-order valence-corrected chi connectivity index (χ3v) is 6.76. The number of ether oxygens (including phenoxy) is 1. The number of methoxy groups -OCH3 is 1. The minimum absolute atomic E-state index is 0.0112. The summed E-state index contributed by atoms with van der Waals surface area (Å²) in [5.74, 6) is -1.98. The largest absolute Gasteiger partial charge is 0.497 e.